The van der Waals surface area contributed by atoms with Crippen LogP contribution in [0.5, 0.6) is 5.75 Å². The molecule has 2 rings (SSSR count). The van der Waals surface area contributed by atoms with E-state index in [9.17, 15) is 8.42 Å². The van der Waals surface area contributed by atoms with Crippen LogP contribution in [0.1, 0.15) is 13.8 Å². The molecule has 1 aliphatic rings. The van der Waals surface area contributed by atoms with E-state index in [0.29, 0.717) is 23.4 Å². The molecule has 0 N–H and O–H groups in total. The molecular weight excluding hydrogens is 346 g/mol. The van der Waals surface area contributed by atoms with Gasteiger partial charge in [-0.3, -0.25) is 0 Å². The van der Waals surface area contributed by atoms with E-state index < -0.39 is 10.0 Å². The molecule has 1 aromatic rings. The van der Waals surface area contributed by atoms with Crippen molar-refractivity contribution < 1.29 is 17.9 Å². The Kier molecular flexibility index (Phi) is 4.73. The van der Waals surface area contributed by atoms with E-state index >= 15 is 0 Å². The summed E-state index contributed by atoms with van der Waals surface area (Å²) in [5.74, 6) is 0.506. The molecule has 5 nitrogen and oxygen atoms in total. The van der Waals surface area contributed by atoms with E-state index in [1.54, 1.807) is 12.1 Å². The molecule has 0 saturated carbocycles. The van der Waals surface area contributed by atoms with Gasteiger partial charge in [-0.15, -0.1) is 0 Å². The lowest BCUT2D eigenvalue weighted by atomic mass is 10.2. The maximum atomic E-state index is 12.8. The predicted octanol–water partition coefficient (Wildman–Crippen LogP) is 2.26. The molecule has 1 aliphatic heterocycles. The van der Waals surface area contributed by atoms with Gasteiger partial charge in [-0.25, -0.2) is 8.42 Å². The van der Waals surface area contributed by atoms with Crippen LogP contribution in [-0.4, -0.2) is 45.1 Å². The zero-order valence-electron chi connectivity index (χ0n) is 11.7. The number of rotatable bonds is 3. The average molecular weight is 364 g/mol. The molecule has 1 saturated heterocycles. The van der Waals surface area contributed by atoms with Crippen molar-refractivity contribution in [2.45, 2.75) is 30.9 Å². The number of nitrogens with zero attached hydrogens (tertiary/aromatic N) is 1. The highest BCUT2D eigenvalue weighted by Gasteiger charge is 2.35. The average Bonchev–Trinajstić information content (AvgIpc) is 2.40. The molecule has 0 aliphatic carbocycles. The summed E-state index contributed by atoms with van der Waals surface area (Å²) in [5, 5.41) is 0. The highest BCUT2D eigenvalue weighted by molar-refractivity contribution is 9.10. The Labute approximate surface area is 128 Å². The minimum atomic E-state index is -3.56. The van der Waals surface area contributed by atoms with Crippen LogP contribution in [0, 0.1) is 0 Å². The molecule has 1 heterocycles. The Morgan fingerprint density at radius 3 is 2.70 bits per heavy atom. The van der Waals surface area contributed by atoms with Crippen molar-refractivity contribution in [3.63, 3.8) is 0 Å². The van der Waals surface area contributed by atoms with Crippen LogP contribution >= 0.6 is 15.9 Å². The predicted molar refractivity (Wildman–Crippen MR) is 79.5 cm³/mol. The second-order valence-corrected chi connectivity index (χ2v) is 7.57. The summed E-state index contributed by atoms with van der Waals surface area (Å²) in [5.41, 5.74) is 0. The minimum absolute atomic E-state index is 0.118. The molecule has 112 valence electrons. The lowest BCUT2D eigenvalue weighted by Crippen LogP contribution is -2.51. The number of ether oxygens (including phenoxy) is 2. The third-order valence-corrected chi connectivity index (χ3v) is 5.93. The van der Waals surface area contributed by atoms with Crippen molar-refractivity contribution in [2.75, 3.05) is 20.3 Å². The van der Waals surface area contributed by atoms with Gasteiger partial charge in [0.2, 0.25) is 10.0 Å². The molecule has 0 amide bonds. The molecule has 1 aromatic carbocycles. The Bertz CT molecular complexity index is 590. The monoisotopic (exact) mass is 363 g/mol. The molecule has 0 spiro atoms. The van der Waals surface area contributed by atoms with Crippen LogP contribution in [0.2, 0.25) is 0 Å². The molecule has 2 atom stereocenters. The largest absolute Gasteiger partial charge is 0.497 e. The Morgan fingerprint density at radius 2 is 2.05 bits per heavy atom. The van der Waals surface area contributed by atoms with Gasteiger partial charge in [0, 0.05) is 23.1 Å². The third kappa shape index (κ3) is 3.00. The Balaban J connectivity index is 2.41. The number of methoxy groups -OCH3 is 1. The van der Waals surface area contributed by atoms with Crippen LogP contribution in [-0.2, 0) is 14.8 Å². The molecule has 0 aromatic heterocycles. The van der Waals surface area contributed by atoms with Gasteiger partial charge in [-0.05, 0) is 26.0 Å². The van der Waals surface area contributed by atoms with Gasteiger partial charge in [0.1, 0.15) is 5.75 Å². The summed E-state index contributed by atoms with van der Waals surface area (Å²) >= 11 is 3.31. The first-order valence-corrected chi connectivity index (χ1v) is 8.57. The van der Waals surface area contributed by atoms with Crippen molar-refractivity contribution in [1.29, 1.82) is 0 Å². The van der Waals surface area contributed by atoms with Crippen LogP contribution in [0.4, 0.5) is 0 Å². The fourth-order valence-electron chi connectivity index (χ4n) is 2.18. The summed E-state index contributed by atoms with van der Waals surface area (Å²) in [6.07, 6.45) is -0.118. The van der Waals surface area contributed by atoms with Gasteiger partial charge < -0.3 is 9.47 Å². The van der Waals surface area contributed by atoms with Crippen molar-refractivity contribution in [3.8, 4) is 5.75 Å². The van der Waals surface area contributed by atoms with Gasteiger partial charge in [-0.1, -0.05) is 15.9 Å². The molecule has 0 radical (unpaired) electrons. The van der Waals surface area contributed by atoms with Crippen molar-refractivity contribution in [1.82, 2.24) is 4.31 Å². The van der Waals surface area contributed by atoms with Gasteiger partial charge in [0.25, 0.3) is 0 Å². The van der Waals surface area contributed by atoms with Crippen LogP contribution in [0.15, 0.2) is 27.6 Å². The highest BCUT2D eigenvalue weighted by Crippen LogP contribution is 2.29. The first-order valence-electron chi connectivity index (χ1n) is 6.34. The van der Waals surface area contributed by atoms with Crippen LogP contribution in [0.3, 0.4) is 0 Å². The smallest absolute Gasteiger partial charge is 0.243 e. The van der Waals surface area contributed by atoms with E-state index in [1.807, 2.05) is 13.8 Å². The SMILES string of the molecule is COc1cc(Br)cc(S(=O)(=O)N2CCOC(C)C2C)c1. The molecular formula is C13H18BrNO4S. The standard InChI is InChI=1S/C13H18BrNO4S/c1-9-10(2)19-5-4-15(9)20(16,17)13-7-11(14)6-12(8-13)18-3/h6-10H,4-5H2,1-3H3. The zero-order chi connectivity index (χ0) is 14.9. The summed E-state index contributed by atoms with van der Waals surface area (Å²) in [6.45, 7) is 4.52. The van der Waals surface area contributed by atoms with Crippen molar-refractivity contribution in [3.05, 3.63) is 22.7 Å². The van der Waals surface area contributed by atoms with Crippen LogP contribution in [0.25, 0.3) is 0 Å². The van der Waals surface area contributed by atoms with E-state index in [4.69, 9.17) is 9.47 Å². The molecule has 20 heavy (non-hydrogen) atoms. The van der Waals surface area contributed by atoms with Gasteiger partial charge >= 0.3 is 0 Å². The third-order valence-electron chi connectivity index (χ3n) is 3.51. The lowest BCUT2D eigenvalue weighted by Gasteiger charge is -2.36. The van der Waals surface area contributed by atoms with Gasteiger partial charge in [-0.2, -0.15) is 4.31 Å². The summed E-state index contributed by atoms with van der Waals surface area (Å²) in [7, 11) is -2.04. The molecule has 0 bridgehead atoms. The Hall–Kier alpha value is -0.630. The first kappa shape index (κ1) is 15.8. The summed E-state index contributed by atoms with van der Waals surface area (Å²) in [4.78, 5) is 0.227. The molecule has 1 fully saturated rings. The Morgan fingerprint density at radius 1 is 1.35 bits per heavy atom. The van der Waals surface area contributed by atoms with E-state index in [2.05, 4.69) is 15.9 Å². The zero-order valence-corrected chi connectivity index (χ0v) is 14.1. The number of morpholine rings is 1. The number of hydrogen-bond donors (Lipinski definition) is 0. The highest BCUT2D eigenvalue weighted by atomic mass is 79.9. The van der Waals surface area contributed by atoms with Crippen LogP contribution < -0.4 is 4.74 Å². The quantitative estimate of drug-likeness (QED) is 0.826. The van der Waals surface area contributed by atoms with E-state index in [0.717, 1.165) is 0 Å². The summed E-state index contributed by atoms with van der Waals surface area (Å²) in [6, 6.07) is 4.65. The first-order chi connectivity index (χ1) is 9.36. The second kappa shape index (κ2) is 6.01. The van der Waals surface area contributed by atoms with Gasteiger partial charge in [0.05, 0.1) is 24.7 Å². The van der Waals surface area contributed by atoms with Crippen molar-refractivity contribution >= 4 is 26.0 Å². The number of sulfonamides is 1. The fourth-order valence-corrected chi connectivity index (χ4v) is 4.54. The molecule has 2 unspecified atom stereocenters. The number of benzene rings is 1. The number of halogens is 1. The molecule has 7 heteroatoms. The fraction of sp³-hybridized carbons (Fsp3) is 0.538. The summed E-state index contributed by atoms with van der Waals surface area (Å²) < 4.78 is 38.3. The van der Waals surface area contributed by atoms with E-state index in [-0.39, 0.29) is 17.0 Å². The van der Waals surface area contributed by atoms with Crippen molar-refractivity contribution in [2.24, 2.45) is 0 Å². The topological polar surface area (TPSA) is 55.8 Å². The van der Waals surface area contributed by atoms with Gasteiger partial charge in [0.15, 0.2) is 0 Å². The normalized spacial score (nSPS) is 24.6. The van der Waals surface area contributed by atoms with E-state index in [1.165, 1.54) is 17.5 Å². The lowest BCUT2D eigenvalue weighted by molar-refractivity contribution is -0.0232. The minimum Gasteiger partial charge on any atom is -0.497 e. The number of hydrogen-bond acceptors (Lipinski definition) is 4. The maximum Gasteiger partial charge on any atom is 0.243 e. The second-order valence-electron chi connectivity index (χ2n) is 4.76. The maximum absolute atomic E-state index is 12.8.